The van der Waals surface area contributed by atoms with Crippen LogP contribution in [0.2, 0.25) is 0 Å². The number of nitrogens with zero attached hydrogens (tertiary/aromatic N) is 3. The predicted molar refractivity (Wildman–Crippen MR) is 118 cm³/mol. The Kier molecular flexibility index (Phi) is 6.62. The Morgan fingerprint density at radius 2 is 1.91 bits per heavy atom. The Morgan fingerprint density at radius 3 is 2.56 bits per heavy atom. The van der Waals surface area contributed by atoms with Crippen LogP contribution in [0.5, 0.6) is 11.5 Å². The Labute approximate surface area is 187 Å². The third-order valence-corrected chi connectivity index (χ3v) is 5.85. The van der Waals surface area contributed by atoms with Crippen LogP contribution in [0, 0.1) is 0 Å². The molecule has 0 bridgehead atoms. The van der Waals surface area contributed by atoms with E-state index in [1.165, 1.54) is 20.0 Å². The van der Waals surface area contributed by atoms with Gasteiger partial charge in [0.05, 0.1) is 7.11 Å². The van der Waals surface area contributed by atoms with Gasteiger partial charge in [-0.2, -0.15) is 5.10 Å². The van der Waals surface area contributed by atoms with Crippen LogP contribution in [-0.2, 0) is 4.79 Å². The van der Waals surface area contributed by atoms with Gasteiger partial charge in [-0.05, 0) is 57.7 Å². The summed E-state index contributed by atoms with van der Waals surface area (Å²) in [5.41, 5.74) is 0.537. The van der Waals surface area contributed by atoms with E-state index >= 15 is 0 Å². The molecule has 1 aliphatic carbocycles. The van der Waals surface area contributed by atoms with Gasteiger partial charge in [-0.1, -0.05) is 0 Å². The molecule has 172 valence electrons. The smallest absolute Gasteiger partial charge is 0.258 e. The number of nitrogens with one attached hydrogen (secondary N) is 2. The second kappa shape index (κ2) is 9.58. The Bertz CT molecular complexity index is 961. The van der Waals surface area contributed by atoms with Gasteiger partial charge in [-0.15, -0.1) is 0 Å². The van der Waals surface area contributed by atoms with E-state index in [0.29, 0.717) is 42.0 Å². The molecule has 1 aromatic heterocycles. The van der Waals surface area contributed by atoms with Crippen molar-refractivity contribution in [2.75, 3.05) is 26.8 Å². The summed E-state index contributed by atoms with van der Waals surface area (Å²) in [4.78, 5) is 31.4. The highest BCUT2D eigenvalue weighted by Crippen LogP contribution is 2.38. The molecule has 9 heteroatoms. The number of benzene rings is 1. The number of rotatable bonds is 8. The summed E-state index contributed by atoms with van der Waals surface area (Å²) in [6, 6.07) is 5.10. The molecule has 2 aromatic rings. The van der Waals surface area contributed by atoms with Crippen LogP contribution in [0.15, 0.2) is 18.2 Å². The van der Waals surface area contributed by atoms with Crippen molar-refractivity contribution >= 4 is 11.8 Å². The highest BCUT2D eigenvalue weighted by molar-refractivity contribution is 5.95. The van der Waals surface area contributed by atoms with E-state index in [0.717, 1.165) is 24.5 Å². The first-order chi connectivity index (χ1) is 15.4. The monoisotopic (exact) mass is 441 g/mol. The van der Waals surface area contributed by atoms with Gasteiger partial charge in [0.2, 0.25) is 0 Å². The number of aromatic amines is 1. The number of methoxy groups -OCH3 is 1. The number of amides is 2. The molecule has 1 saturated heterocycles. The van der Waals surface area contributed by atoms with E-state index in [9.17, 15) is 9.59 Å². The topological polar surface area (TPSA) is 109 Å². The third kappa shape index (κ3) is 5.20. The van der Waals surface area contributed by atoms with E-state index in [4.69, 9.17) is 9.47 Å². The number of ether oxygens (including phenoxy) is 2. The fraction of sp³-hybridized carbons (Fsp3) is 0.565. The minimum absolute atomic E-state index is 0.0397. The fourth-order valence-corrected chi connectivity index (χ4v) is 3.96. The molecule has 2 heterocycles. The van der Waals surface area contributed by atoms with Crippen LogP contribution < -0.4 is 14.8 Å². The number of likely N-dealkylation sites (tertiary alicyclic amines) is 1. The molecular weight excluding hydrogens is 410 g/mol. The maximum atomic E-state index is 13.0. The molecular formula is C23H31N5O4. The predicted octanol–water partition coefficient (Wildman–Crippen LogP) is 2.61. The lowest BCUT2D eigenvalue weighted by Crippen LogP contribution is -2.38. The van der Waals surface area contributed by atoms with Gasteiger partial charge in [-0.3, -0.25) is 14.7 Å². The van der Waals surface area contributed by atoms with Crippen molar-refractivity contribution in [1.82, 2.24) is 25.4 Å². The van der Waals surface area contributed by atoms with Crippen LogP contribution in [0.3, 0.4) is 0 Å². The lowest BCUT2D eigenvalue weighted by atomic mass is 9.95. The minimum atomic E-state index is -0.207. The molecule has 1 aromatic carbocycles. The normalized spacial score (nSPS) is 16.8. The van der Waals surface area contributed by atoms with Crippen molar-refractivity contribution in [2.24, 2.45) is 0 Å². The number of carbonyl (C=O) groups excluding carboxylic acids is 2. The van der Waals surface area contributed by atoms with E-state index in [-0.39, 0.29) is 24.5 Å². The zero-order valence-electron chi connectivity index (χ0n) is 18.9. The van der Waals surface area contributed by atoms with Crippen molar-refractivity contribution in [1.29, 1.82) is 0 Å². The summed E-state index contributed by atoms with van der Waals surface area (Å²) in [5.74, 6) is 3.34. The molecule has 2 aliphatic rings. The van der Waals surface area contributed by atoms with Gasteiger partial charge in [-0.25, -0.2) is 4.98 Å². The molecule has 32 heavy (non-hydrogen) atoms. The van der Waals surface area contributed by atoms with Crippen LogP contribution in [-0.4, -0.2) is 64.7 Å². The van der Waals surface area contributed by atoms with Gasteiger partial charge in [0.1, 0.15) is 5.82 Å². The summed E-state index contributed by atoms with van der Waals surface area (Å²) >= 11 is 0. The Balaban J connectivity index is 1.34. The maximum Gasteiger partial charge on any atom is 0.258 e. The van der Waals surface area contributed by atoms with Gasteiger partial charge in [0.25, 0.3) is 11.8 Å². The van der Waals surface area contributed by atoms with E-state index in [2.05, 4.69) is 20.5 Å². The van der Waals surface area contributed by atoms with Gasteiger partial charge < -0.3 is 19.7 Å². The molecule has 2 N–H and O–H groups in total. The average molecular weight is 442 g/mol. The summed E-state index contributed by atoms with van der Waals surface area (Å²) in [5, 5.41) is 10.2. The highest BCUT2D eigenvalue weighted by atomic mass is 16.5. The molecule has 2 fully saturated rings. The van der Waals surface area contributed by atoms with Gasteiger partial charge in [0, 0.05) is 36.5 Å². The van der Waals surface area contributed by atoms with E-state index < -0.39 is 0 Å². The van der Waals surface area contributed by atoms with Crippen molar-refractivity contribution < 1.29 is 19.1 Å². The third-order valence-electron chi connectivity index (χ3n) is 5.85. The zero-order chi connectivity index (χ0) is 22.7. The first-order valence-corrected chi connectivity index (χ1v) is 11.3. The molecule has 1 saturated carbocycles. The van der Waals surface area contributed by atoms with Crippen molar-refractivity contribution in [3.63, 3.8) is 0 Å². The second-order valence-electron chi connectivity index (χ2n) is 8.80. The Hall–Kier alpha value is -3.10. The number of piperidine rings is 1. The van der Waals surface area contributed by atoms with Gasteiger partial charge in [0.15, 0.2) is 23.9 Å². The SMILES string of the molecule is COc1cc(C(=O)N2CCC(c3nc(C4CC4)n[nH]3)CC2)ccc1OCC(=O)NC(C)C. The number of aromatic nitrogens is 3. The lowest BCUT2D eigenvalue weighted by molar-refractivity contribution is -0.123. The van der Waals surface area contributed by atoms with Crippen LogP contribution in [0.1, 0.15) is 73.4 Å². The molecule has 0 unspecified atom stereocenters. The summed E-state index contributed by atoms with van der Waals surface area (Å²) in [7, 11) is 1.52. The summed E-state index contributed by atoms with van der Waals surface area (Å²) in [6.45, 7) is 4.99. The zero-order valence-corrected chi connectivity index (χ0v) is 18.9. The van der Waals surface area contributed by atoms with Crippen LogP contribution in [0.25, 0.3) is 0 Å². The molecule has 0 radical (unpaired) electrons. The van der Waals surface area contributed by atoms with Crippen LogP contribution >= 0.6 is 0 Å². The molecule has 2 amide bonds. The maximum absolute atomic E-state index is 13.0. The number of hydrogen-bond acceptors (Lipinski definition) is 6. The first kappa shape index (κ1) is 22.1. The molecule has 9 nitrogen and oxygen atoms in total. The van der Waals surface area contributed by atoms with Crippen molar-refractivity contribution in [3.05, 3.63) is 35.4 Å². The van der Waals surface area contributed by atoms with Gasteiger partial charge >= 0.3 is 0 Å². The molecule has 1 aliphatic heterocycles. The van der Waals surface area contributed by atoms with Crippen molar-refractivity contribution in [3.8, 4) is 11.5 Å². The number of carbonyl (C=O) groups is 2. The van der Waals surface area contributed by atoms with E-state index in [1.807, 2.05) is 18.7 Å². The number of hydrogen-bond donors (Lipinski definition) is 2. The quantitative estimate of drug-likeness (QED) is 0.652. The summed E-state index contributed by atoms with van der Waals surface area (Å²) in [6.07, 6.45) is 4.08. The Morgan fingerprint density at radius 1 is 1.16 bits per heavy atom. The highest BCUT2D eigenvalue weighted by Gasteiger charge is 2.31. The standard InChI is InChI=1S/C23H31N5O4/c1-14(2)24-20(29)13-32-18-7-6-17(12-19(18)31-3)23(30)28-10-8-16(9-11-28)22-25-21(26-27-22)15-4-5-15/h6-7,12,14-16H,4-5,8-11,13H2,1-3H3,(H,24,29)(H,25,26,27). The fourth-order valence-electron chi connectivity index (χ4n) is 3.96. The first-order valence-electron chi connectivity index (χ1n) is 11.3. The average Bonchev–Trinajstić information content (AvgIpc) is 3.53. The minimum Gasteiger partial charge on any atom is -0.493 e. The van der Waals surface area contributed by atoms with E-state index in [1.54, 1.807) is 18.2 Å². The van der Waals surface area contributed by atoms with Crippen LogP contribution in [0.4, 0.5) is 0 Å². The molecule has 4 rings (SSSR count). The number of H-pyrrole nitrogens is 1. The molecule has 0 atom stereocenters. The summed E-state index contributed by atoms with van der Waals surface area (Å²) < 4.78 is 11.0. The largest absolute Gasteiger partial charge is 0.493 e. The van der Waals surface area contributed by atoms with Crippen molar-refractivity contribution in [2.45, 2.75) is 57.4 Å². The second-order valence-corrected chi connectivity index (χ2v) is 8.80. The lowest BCUT2D eigenvalue weighted by Gasteiger charge is -2.31. The molecule has 0 spiro atoms.